The van der Waals surface area contributed by atoms with E-state index in [0.29, 0.717) is 0 Å². The fraction of sp³-hybridized carbons (Fsp3) is 0.364. The molecule has 0 aliphatic carbocycles. The second kappa shape index (κ2) is 6.27. The molecular formula is C11H15NO5S2. The van der Waals surface area contributed by atoms with Crippen LogP contribution in [0.4, 0.5) is 0 Å². The maximum absolute atomic E-state index is 11.9. The van der Waals surface area contributed by atoms with Crippen LogP contribution in [-0.4, -0.2) is 41.8 Å². The number of hydrogen-bond acceptors (Lipinski definition) is 4. The minimum absolute atomic E-state index is 0.0305. The van der Waals surface area contributed by atoms with Gasteiger partial charge in [0.05, 0.1) is 10.5 Å². The zero-order valence-corrected chi connectivity index (χ0v) is 12.1. The molecule has 0 saturated carbocycles. The van der Waals surface area contributed by atoms with Gasteiger partial charge in [-0.1, -0.05) is 6.07 Å². The molecule has 0 amide bonds. The van der Waals surface area contributed by atoms with Crippen molar-refractivity contribution >= 4 is 26.8 Å². The number of hydrogen-bond donors (Lipinski definition) is 2. The normalized spacial score (nSPS) is 14.8. The van der Waals surface area contributed by atoms with Crippen LogP contribution in [0.25, 0.3) is 0 Å². The van der Waals surface area contributed by atoms with E-state index in [4.69, 9.17) is 5.11 Å². The summed E-state index contributed by atoms with van der Waals surface area (Å²) < 4.78 is 37.3. The fourth-order valence-electron chi connectivity index (χ4n) is 1.22. The highest BCUT2D eigenvalue weighted by Crippen LogP contribution is 2.11. The van der Waals surface area contributed by atoms with E-state index in [2.05, 4.69) is 4.72 Å². The molecule has 0 aliphatic rings. The summed E-state index contributed by atoms with van der Waals surface area (Å²) in [7, 11) is -4.93. The van der Waals surface area contributed by atoms with Crippen molar-refractivity contribution in [1.29, 1.82) is 0 Å². The Labute approximate surface area is 114 Å². The van der Waals surface area contributed by atoms with E-state index in [1.165, 1.54) is 24.5 Å². The highest BCUT2D eigenvalue weighted by atomic mass is 32.2. The molecule has 8 heteroatoms. The van der Waals surface area contributed by atoms with E-state index in [-0.39, 0.29) is 22.3 Å². The average Bonchev–Trinajstić information content (AvgIpc) is 2.36. The van der Waals surface area contributed by atoms with Crippen molar-refractivity contribution in [3.8, 4) is 0 Å². The first-order valence-electron chi connectivity index (χ1n) is 5.39. The van der Waals surface area contributed by atoms with Gasteiger partial charge >= 0.3 is 5.97 Å². The number of benzene rings is 1. The number of carboxylic acids is 1. The van der Waals surface area contributed by atoms with E-state index in [1.54, 1.807) is 6.92 Å². The molecule has 0 aromatic heterocycles. The standard InChI is InChI=1S/C11H15NO5S2/c1-8(18(2)15)7-12-19(16,17)10-5-3-4-9(6-10)11(13)14/h3-6,8,12H,7H2,1-2H3,(H,13,14). The molecule has 0 spiro atoms. The first-order valence-corrected chi connectivity index (χ1v) is 8.49. The van der Waals surface area contributed by atoms with Gasteiger partial charge in [-0.05, 0) is 25.1 Å². The zero-order valence-electron chi connectivity index (χ0n) is 10.5. The molecule has 1 aromatic carbocycles. The van der Waals surface area contributed by atoms with E-state index in [0.717, 1.165) is 6.07 Å². The van der Waals surface area contributed by atoms with Gasteiger partial charge in [0.25, 0.3) is 0 Å². The summed E-state index contributed by atoms with van der Waals surface area (Å²) in [4.78, 5) is 10.7. The van der Waals surface area contributed by atoms with Crippen molar-refractivity contribution in [2.45, 2.75) is 17.1 Å². The third kappa shape index (κ3) is 4.41. The minimum Gasteiger partial charge on any atom is -0.478 e. The lowest BCUT2D eigenvalue weighted by Crippen LogP contribution is -2.32. The van der Waals surface area contributed by atoms with E-state index in [1.807, 2.05) is 0 Å². The molecular weight excluding hydrogens is 290 g/mol. The molecule has 1 rings (SSSR count). The predicted octanol–water partition coefficient (Wildman–Crippen LogP) is 0.430. The van der Waals surface area contributed by atoms with Crippen LogP contribution in [0.15, 0.2) is 29.2 Å². The summed E-state index contributed by atoms with van der Waals surface area (Å²) in [5, 5.41) is 8.49. The molecule has 0 saturated heterocycles. The number of carbonyl (C=O) groups is 1. The van der Waals surface area contributed by atoms with Crippen LogP contribution in [0.2, 0.25) is 0 Å². The van der Waals surface area contributed by atoms with Crippen LogP contribution < -0.4 is 4.72 Å². The number of carboxylic acid groups (broad SMARTS) is 1. The summed E-state index contributed by atoms with van der Waals surface area (Å²) in [6.45, 7) is 1.69. The van der Waals surface area contributed by atoms with Crippen LogP contribution in [0.5, 0.6) is 0 Å². The summed E-state index contributed by atoms with van der Waals surface area (Å²) in [5.74, 6) is -1.19. The lowest BCUT2D eigenvalue weighted by Gasteiger charge is -2.11. The SMILES string of the molecule is CC(CNS(=O)(=O)c1cccc(C(=O)O)c1)S(C)=O. The quantitative estimate of drug-likeness (QED) is 0.794. The number of nitrogens with one attached hydrogen (secondary N) is 1. The van der Waals surface area contributed by atoms with Crippen LogP contribution in [-0.2, 0) is 20.8 Å². The van der Waals surface area contributed by atoms with Gasteiger partial charge in [0, 0.05) is 28.9 Å². The van der Waals surface area contributed by atoms with Gasteiger partial charge in [-0.3, -0.25) is 4.21 Å². The van der Waals surface area contributed by atoms with Crippen molar-refractivity contribution in [3.63, 3.8) is 0 Å². The Hall–Kier alpha value is -1.25. The summed E-state index contributed by atoms with van der Waals surface area (Å²) in [5.41, 5.74) is -0.102. The Morgan fingerprint density at radius 2 is 2.11 bits per heavy atom. The largest absolute Gasteiger partial charge is 0.478 e. The molecule has 1 aromatic rings. The van der Waals surface area contributed by atoms with Gasteiger partial charge in [0.2, 0.25) is 10.0 Å². The summed E-state index contributed by atoms with van der Waals surface area (Å²) in [6.07, 6.45) is 1.49. The van der Waals surface area contributed by atoms with Crippen molar-refractivity contribution in [2.24, 2.45) is 0 Å². The minimum atomic E-state index is -3.79. The molecule has 6 nitrogen and oxygen atoms in total. The number of aromatic carboxylic acids is 1. The lowest BCUT2D eigenvalue weighted by molar-refractivity contribution is 0.0696. The third-order valence-electron chi connectivity index (χ3n) is 2.52. The van der Waals surface area contributed by atoms with Crippen molar-refractivity contribution in [2.75, 3.05) is 12.8 Å². The number of sulfonamides is 1. The molecule has 2 unspecified atom stereocenters. The van der Waals surface area contributed by atoms with Crippen molar-refractivity contribution in [3.05, 3.63) is 29.8 Å². The molecule has 0 aliphatic heterocycles. The molecule has 19 heavy (non-hydrogen) atoms. The topological polar surface area (TPSA) is 101 Å². The highest BCUT2D eigenvalue weighted by Gasteiger charge is 2.17. The van der Waals surface area contributed by atoms with Gasteiger partial charge in [-0.25, -0.2) is 17.9 Å². The Kier molecular flexibility index (Phi) is 5.21. The summed E-state index contributed by atoms with van der Waals surface area (Å²) >= 11 is 0. The predicted molar refractivity (Wildman–Crippen MR) is 72.1 cm³/mol. The third-order valence-corrected chi connectivity index (χ3v) is 5.24. The molecule has 0 heterocycles. The van der Waals surface area contributed by atoms with Crippen LogP contribution in [0.3, 0.4) is 0 Å². The Bertz CT molecular complexity index is 597. The maximum atomic E-state index is 11.9. The van der Waals surface area contributed by atoms with Gasteiger partial charge in [-0.15, -0.1) is 0 Å². The first kappa shape index (κ1) is 15.8. The molecule has 0 radical (unpaired) electrons. The fourth-order valence-corrected chi connectivity index (χ4v) is 2.82. The van der Waals surface area contributed by atoms with Crippen LogP contribution in [0.1, 0.15) is 17.3 Å². The van der Waals surface area contributed by atoms with Gasteiger partial charge in [0.1, 0.15) is 0 Å². The van der Waals surface area contributed by atoms with Gasteiger partial charge < -0.3 is 5.11 Å². The molecule has 106 valence electrons. The molecule has 0 bridgehead atoms. The monoisotopic (exact) mass is 305 g/mol. The lowest BCUT2D eigenvalue weighted by atomic mass is 10.2. The smallest absolute Gasteiger partial charge is 0.335 e. The average molecular weight is 305 g/mol. The van der Waals surface area contributed by atoms with Gasteiger partial charge in [-0.2, -0.15) is 0 Å². The Morgan fingerprint density at radius 3 is 2.63 bits per heavy atom. The van der Waals surface area contributed by atoms with E-state index in [9.17, 15) is 17.4 Å². The Balaban J connectivity index is 2.91. The highest BCUT2D eigenvalue weighted by molar-refractivity contribution is 7.89. The van der Waals surface area contributed by atoms with E-state index < -0.39 is 26.8 Å². The first-order chi connectivity index (χ1) is 8.74. The van der Waals surface area contributed by atoms with Crippen LogP contribution in [0, 0.1) is 0 Å². The zero-order chi connectivity index (χ0) is 14.6. The maximum Gasteiger partial charge on any atom is 0.335 e. The Morgan fingerprint density at radius 1 is 1.47 bits per heavy atom. The van der Waals surface area contributed by atoms with E-state index >= 15 is 0 Å². The number of rotatable bonds is 6. The second-order valence-corrected chi connectivity index (χ2v) is 7.56. The summed E-state index contributed by atoms with van der Waals surface area (Å²) in [6, 6.07) is 5.06. The second-order valence-electron chi connectivity index (χ2n) is 3.99. The molecule has 2 N–H and O–H groups in total. The molecule has 2 atom stereocenters. The van der Waals surface area contributed by atoms with Crippen molar-refractivity contribution in [1.82, 2.24) is 4.72 Å². The van der Waals surface area contributed by atoms with Crippen molar-refractivity contribution < 1.29 is 22.5 Å². The van der Waals surface area contributed by atoms with Gasteiger partial charge in [0.15, 0.2) is 0 Å². The van der Waals surface area contributed by atoms with Crippen LogP contribution >= 0.6 is 0 Å². The molecule has 0 fully saturated rings.